The van der Waals surface area contributed by atoms with Crippen molar-refractivity contribution in [2.24, 2.45) is 0 Å². The lowest BCUT2D eigenvalue weighted by Gasteiger charge is -2.02. The average Bonchev–Trinajstić information content (AvgIpc) is 3.39. The molecule has 0 bridgehead atoms. The molecule has 0 radical (unpaired) electrons. The maximum Gasteiger partial charge on any atom is 0.409 e. The minimum absolute atomic E-state index is 0.0274. The normalized spacial score (nSPS) is 11.0. The minimum atomic E-state index is -2.81. The molecule has 0 atom stereocenters. The molecule has 0 spiro atoms. The quantitative estimate of drug-likeness (QED) is 0.457. The highest BCUT2D eigenvalue weighted by atomic mass is 19.3. The van der Waals surface area contributed by atoms with Gasteiger partial charge >= 0.3 is 12.5 Å². The summed E-state index contributed by atoms with van der Waals surface area (Å²) in [4.78, 5) is 14.9. The molecule has 0 unspecified atom stereocenters. The highest BCUT2D eigenvalue weighted by Crippen LogP contribution is 2.25. The van der Waals surface area contributed by atoms with E-state index in [1.807, 2.05) is 0 Å². The molecular weight excluding hydrogens is 398 g/mol. The van der Waals surface area contributed by atoms with E-state index in [2.05, 4.69) is 20.5 Å². The Kier molecular flexibility index (Phi) is 5.21. The van der Waals surface area contributed by atoms with Crippen LogP contribution in [0, 0.1) is 0 Å². The molecule has 8 nitrogen and oxygen atoms in total. The minimum Gasteiger partial charge on any atom is -0.465 e. The van der Waals surface area contributed by atoms with Crippen molar-refractivity contribution >= 4 is 11.8 Å². The van der Waals surface area contributed by atoms with Crippen molar-refractivity contribution < 1.29 is 27.5 Å². The third-order valence-corrected chi connectivity index (χ3v) is 4.14. The Morgan fingerprint density at radius 2 is 1.63 bits per heavy atom. The lowest BCUT2D eigenvalue weighted by atomic mass is 10.1. The largest absolute Gasteiger partial charge is 0.465 e. The number of hydrogen-bond acceptors (Lipinski definition) is 6. The van der Waals surface area contributed by atoms with Crippen LogP contribution in [0.1, 0.15) is 23.6 Å². The standard InChI is InChI=1S/C20H14F2N4O4/c21-16(22)19-26-25-18(30-19)13-3-1-11(2-4-13)9-15-10-23-17(29-15)12-5-7-14(8-6-12)24-20(27)28/h1-8,10,16,24H,9H2,(H,27,28). The van der Waals surface area contributed by atoms with E-state index in [4.69, 9.17) is 13.9 Å². The number of aromatic nitrogens is 3. The fourth-order valence-corrected chi connectivity index (χ4v) is 2.75. The Hall–Kier alpha value is -4.08. The van der Waals surface area contributed by atoms with E-state index in [0.29, 0.717) is 34.9 Å². The van der Waals surface area contributed by atoms with E-state index in [0.717, 1.165) is 5.56 Å². The molecule has 0 aliphatic carbocycles. The van der Waals surface area contributed by atoms with Gasteiger partial charge in [-0.15, -0.1) is 10.2 Å². The van der Waals surface area contributed by atoms with Crippen LogP contribution in [0.2, 0.25) is 0 Å². The number of carbonyl (C=O) groups is 1. The number of alkyl halides is 2. The van der Waals surface area contributed by atoms with Gasteiger partial charge in [-0.3, -0.25) is 5.32 Å². The molecule has 4 aromatic rings. The zero-order valence-electron chi connectivity index (χ0n) is 15.3. The maximum absolute atomic E-state index is 12.6. The first-order chi connectivity index (χ1) is 14.5. The van der Waals surface area contributed by atoms with Crippen LogP contribution in [-0.2, 0) is 6.42 Å². The number of anilines is 1. The van der Waals surface area contributed by atoms with Crippen molar-refractivity contribution in [3.05, 3.63) is 71.9 Å². The molecule has 0 aliphatic rings. The molecule has 2 N–H and O–H groups in total. The van der Waals surface area contributed by atoms with Crippen molar-refractivity contribution in [2.75, 3.05) is 5.32 Å². The van der Waals surface area contributed by atoms with E-state index in [9.17, 15) is 13.6 Å². The van der Waals surface area contributed by atoms with Gasteiger partial charge in [0.25, 0.3) is 5.89 Å². The number of carboxylic acid groups (broad SMARTS) is 1. The van der Waals surface area contributed by atoms with Crippen LogP contribution in [0.5, 0.6) is 0 Å². The number of rotatable bonds is 6. The van der Waals surface area contributed by atoms with Crippen molar-refractivity contribution in [1.29, 1.82) is 0 Å². The van der Waals surface area contributed by atoms with Crippen molar-refractivity contribution in [3.8, 4) is 22.9 Å². The molecule has 2 aromatic carbocycles. The molecule has 0 saturated carbocycles. The van der Waals surface area contributed by atoms with Crippen LogP contribution in [0.4, 0.5) is 19.3 Å². The average molecular weight is 412 g/mol. The van der Waals surface area contributed by atoms with E-state index < -0.39 is 18.4 Å². The van der Waals surface area contributed by atoms with Crippen LogP contribution >= 0.6 is 0 Å². The number of oxazole rings is 1. The van der Waals surface area contributed by atoms with Gasteiger partial charge < -0.3 is 13.9 Å². The third kappa shape index (κ3) is 4.32. The number of amides is 1. The lowest BCUT2D eigenvalue weighted by Crippen LogP contribution is -2.06. The molecular formula is C20H14F2N4O4. The smallest absolute Gasteiger partial charge is 0.409 e. The Morgan fingerprint density at radius 1 is 0.967 bits per heavy atom. The zero-order chi connectivity index (χ0) is 21.1. The molecule has 4 rings (SSSR count). The Balaban J connectivity index is 1.43. The summed E-state index contributed by atoms with van der Waals surface area (Å²) in [5, 5.41) is 17.9. The van der Waals surface area contributed by atoms with Gasteiger partial charge in [0, 0.05) is 23.2 Å². The number of halogens is 2. The fourth-order valence-electron chi connectivity index (χ4n) is 2.75. The molecule has 10 heteroatoms. The second kappa shape index (κ2) is 8.11. The first kappa shape index (κ1) is 19.2. The highest BCUT2D eigenvalue weighted by molar-refractivity contribution is 5.83. The van der Waals surface area contributed by atoms with Crippen LogP contribution in [0.25, 0.3) is 22.9 Å². The topological polar surface area (TPSA) is 114 Å². The van der Waals surface area contributed by atoms with E-state index in [1.54, 1.807) is 54.7 Å². The maximum atomic E-state index is 12.6. The molecule has 1 amide bonds. The first-order valence-electron chi connectivity index (χ1n) is 8.74. The van der Waals surface area contributed by atoms with Crippen molar-refractivity contribution in [2.45, 2.75) is 12.8 Å². The molecule has 2 heterocycles. The van der Waals surface area contributed by atoms with Gasteiger partial charge in [0.1, 0.15) is 5.76 Å². The SMILES string of the molecule is O=C(O)Nc1ccc(-c2ncc(Cc3ccc(-c4nnc(C(F)F)o4)cc3)o2)cc1. The molecule has 30 heavy (non-hydrogen) atoms. The Bertz CT molecular complexity index is 1150. The van der Waals surface area contributed by atoms with Gasteiger partial charge in [0.2, 0.25) is 11.8 Å². The van der Waals surface area contributed by atoms with Gasteiger partial charge in [-0.25, -0.2) is 9.78 Å². The third-order valence-electron chi connectivity index (χ3n) is 4.14. The van der Waals surface area contributed by atoms with Gasteiger partial charge in [-0.05, 0) is 42.0 Å². The fraction of sp³-hybridized carbons (Fsp3) is 0.100. The first-order valence-corrected chi connectivity index (χ1v) is 8.74. The molecule has 0 aliphatic heterocycles. The number of nitrogens with one attached hydrogen (secondary N) is 1. The molecule has 152 valence electrons. The monoisotopic (exact) mass is 412 g/mol. The Morgan fingerprint density at radius 3 is 2.27 bits per heavy atom. The molecule has 0 saturated heterocycles. The highest BCUT2D eigenvalue weighted by Gasteiger charge is 2.17. The summed E-state index contributed by atoms with van der Waals surface area (Å²) >= 11 is 0. The number of benzene rings is 2. The van der Waals surface area contributed by atoms with Gasteiger partial charge in [-0.2, -0.15) is 8.78 Å². The van der Waals surface area contributed by atoms with Crippen LogP contribution in [0.15, 0.2) is 63.6 Å². The summed E-state index contributed by atoms with van der Waals surface area (Å²) in [7, 11) is 0. The van der Waals surface area contributed by atoms with Gasteiger partial charge in [0.15, 0.2) is 0 Å². The molecule has 2 aromatic heterocycles. The lowest BCUT2D eigenvalue weighted by molar-refractivity contribution is 0.116. The van der Waals surface area contributed by atoms with Crippen molar-refractivity contribution in [1.82, 2.24) is 15.2 Å². The number of hydrogen-bond donors (Lipinski definition) is 2. The van der Waals surface area contributed by atoms with E-state index >= 15 is 0 Å². The summed E-state index contributed by atoms with van der Waals surface area (Å²) in [6.45, 7) is 0. The van der Waals surface area contributed by atoms with Crippen molar-refractivity contribution in [3.63, 3.8) is 0 Å². The second-order valence-corrected chi connectivity index (χ2v) is 6.26. The predicted molar refractivity (Wildman–Crippen MR) is 101 cm³/mol. The van der Waals surface area contributed by atoms with Crippen LogP contribution in [0.3, 0.4) is 0 Å². The van der Waals surface area contributed by atoms with Gasteiger partial charge in [0.05, 0.1) is 6.20 Å². The Labute approximate surface area is 168 Å². The zero-order valence-corrected chi connectivity index (χ0v) is 15.3. The summed E-state index contributed by atoms with van der Waals surface area (Å²) in [5.41, 5.74) is 2.60. The van der Waals surface area contributed by atoms with Crippen LogP contribution in [-0.4, -0.2) is 26.4 Å². The summed E-state index contributed by atoms with van der Waals surface area (Å²) in [6.07, 6.45) is -1.87. The van der Waals surface area contributed by atoms with E-state index in [1.165, 1.54) is 0 Å². The second-order valence-electron chi connectivity index (χ2n) is 6.26. The van der Waals surface area contributed by atoms with Crippen LogP contribution < -0.4 is 5.32 Å². The summed E-state index contributed by atoms with van der Waals surface area (Å²) in [6, 6.07) is 13.6. The summed E-state index contributed by atoms with van der Waals surface area (Å²) in [5.74, 6) is 0.354. The summed E-state index contributed by atoms with van der Waals surface area (Å²) < 4.78 is 35.8. The number of nitrogens with zero attached hydrogens (tertiary/aromatic N) is 3. The molecule has 0 fully saturated rings. The van der Waals surface area contributed by atoms with Gasteiger partial charge in [-0.1, -0.05) is 12.1 Å². The predicted octanol–water partition coefficient (Wildman–Crippen LogP) is 5.01. The van der Waals surface area contributed by atoms with E-state index in [-0.39, 0.29) is 5.89 Å².